The van der Waals surface area contributed by atoms with Gasteiger partial charge in [0.05, 0.1) is 16.4 Å². The van der Waals surface area contributed by atoms with Crippen molar-refractivity contribution >= 4 is 63.5 Å². The molecule has 1 aromatic heterocycles. The van der Waals surface area contributed by atoms with Crippen molar-refractivity contribution in [2.24, 2.45) is 0 Å². The second-order valence-electron chi connectivity index (χ2n) is 7.28. The third kappa shape index (κ3) is 6.08. The number of benzene rings is 3. The minimum absolute atomic E-state index is 0.133. The molecule has 0 fully saturated rings. The second kappa shape index (κ2) is 10.6. The summed E-state index contributed by atoms with van der Waals surface area (Å²) in [5.74, 6) is 1.01. The van der Waals surface area contributed by atoms with Gasteiger partial charge in [-0.1, -0.05) is 23.2 Å². The number of rotatable bonds is 6. The molecule has 0 unspecified atom stereocenters. The molecule has 3 aromatic carbocycles. The summed E-state index contributed by atoms with van der Waals surface area (Å²) in [6.07, 6.45) is 3.80. The predicted molar refractivity (Wildman–Crippen MR) is 143 cm³/mol. The van der Waals surface area contributed by atoms with Crippen molar-refractivity contribution in [2.75, 3.05) is 16.0 Å². The number of nitrogens with one attached hydrogen (secondary N) is 3. The van der Waals surface area contributed by atoms with E-state index in [1.54, 1.807) is 42.5 Å². The first-order chi connectivity index (χ1) is 16.4. The van der Waals surface area contributed by atoms with E-state index in [0.29, 0.717) is 38.0 Å². The molecule has 172 valence electrons. The first-order valence-corrected chi connectivity index (χ1v) is 11.4. The first-order valence-electron chi connectivity index (χ1n) is 10.2. The van der Waals surface area contributed by atoms with Crippen molar-refractivity contribution in [3.05, 3.63) is 95.2 Å². The SMILES string of the molecule is CC(=O)Nc1ccc(NC(=S)Nc2cc(Cl)c(-n3cccc3)cc2Oc2ccc(Cl)cc2)cc1. The van der Waals surface area contributed by atoms with Crippen LogP contribution in [0.4, 0.5) is 17.1 Å². The second-order valence-corrected chi connectivity index (χ2v) is 8.54. The number of anilines is 3. The summed E-state index contributed by atoms with van der Waals surface area (Å²) in [5, 5.41) is 10.5. The molecule has 0 saturated heterocycles. The minimum Gasteiger partial charge on any atom is -0.455 e. The predicted octanol–water partition coefficient (Wildman–Crippen LogP) is 7.34. The van der Waals surface area contributed by atoms with Gasteiger partial charge in [-0.2, -0.15) is 0 Å². The third-order valence-electron chi connectivity index (χ3n) is 4.68. The molecule has 6 nitrogen and oxygen atoms in total. The van der Waals surface area contributed by atoms with Crippen LogP contribution in [0, 0.1) is 0 Å². The lowest BCUT2D eigenvalue weighted by Gasteiger charge is -2.18. The van der Waals surface area contributed by atoms with Crippen molar-refractivity contribution in [1.29, 1.82) is 0 Å². The van der Waals surface area contributed by atoms with Gasteiger partial charge in [-0.15, -0.1) is 0 Å². The summed E-state index contributed by atoms with van der Waals surface area (Å²) in [6, 6.07) is 21.7. The van der Waals surface area contributed by atoms with E-state index in [-0.39, 0.29) is 5.91 Å². The lowest BCUT2D eigenvalue weighted by atomic mass is 10.2. The number of carbonyl (C=O) groups excluding carboxylic acids is 1. The molecule has 34 heavy (non-hydrogen) atoms. The summed E-state index contributed by atoms with van der Waals surface area (Å²) in [6.45, 7) is 1.46. The summed E-state index contributed by atoms with van der Waals surface area (Å²) < 4.78 is 8.04. The molecule has 0 bridgehead atoms. The molecular weight excluding hydrogens is 491 g/mol. The molecular formula is C25H20Cl2N4O2S. The number of carbonyl (C=O) groups is 1. The van der Waals surface area contributed by atoms with Gasteiger partial charge >= 0.3 is 0 Å². The molecule has 0 spiro atoms. The number of hydrogen-bond donors (Lipinski definition) is 3. The fourth-order valence-corrected chi connectivity index (χ4v) is 3.79. The third-order valence-corrected chi connectivity index (χ3v) is 5.44. The standard InChI is InChI=1S/C25H20Cl2N4O2S/c1-16(32)28-18-6-8-19(9-7-18)29-25(34)30-22-14-21(27)23(31-12-2-3-13-31)15-24(22)33-20-10-4-17(26)5-11-20/h2-15H,1H3,(H,28,32)(H2,29,30,34). The number of nitrogens with zero attached hydrogens (tertiary/aromatic N) is 1. The van der Waals surface area contributed by atoms with Gasteiger partial charge in [0.2, 0.25) is 5.91 Å². The summed E-state index contributed by atoms with van der Waals surface area (Å²) >= 11 is 18.1. The van der Waals surface area contributed by atoms with Gasteiger partial charge in [0, 0.05) is 41.8 Å². The normalized spacial score (nSPS) is 10.4. The van der Waals surface area contributed by atoms with Gasteiger partial charge in [0.1, 0.15) is 5.75 Å². The van der Waals surface area contributed by atoms with E-state index in [2.05, 4.69) is 16.0 Å². The molecule has 0 aliphatic heterocycles. The summed E-state index contributed by atoms with van der Waals surface area (Å²) in [7, 11) is 0. The molecule has 1 heterocycles. The van der Waals surface area contributed by atoms with Gasteiger partial charge in [-0.25, -0.2) is 0 Å². The summed E-state index contributed by atoms with van der Waals surface area (Å²) in [4.78, 5) is 11.2. The maximum absolute atomic E-state index is 11.2. The highest BCUT2D eigenvalue weighted by Gasteiger charge is 2.14. The monoisotopic (exact) mass is 510 g/mol. The molecule has 1 amide bonds. The Balaban J connectivity index is 1.57. The van der Waals surface area contributed by atoms with Crippen LogP contribution in [0.15, 0.2) is 85.2 Å². The van der Waals surface area contributed by atoms with Crippen LogP contribution in [0.3, 0.4) is 0 Å². The lowest BCUT2D eigenvalue weighted by molar-refractivity contribution is -0.114. The Morgan fingerprint density at radius 2 is 1.50 bits per heavy atom. The van der Waals surface area contributed by atoms with Crippen LogP contribution >= 0.6 is 35.4 Å². The number of thiocarbonyl (C=S) groups is 1. The molecule has 9 heteroatoms. The van der Waals surface area contributed by atoms with E-state index < -0.39 is 0 Å². The van der Waals surface area contributed by atoms with Crippen LogP contribution < -0.4 is 20.7 Å². The Morgan fingerprint density at radius 3 is 2.12 bits per heavy atom. The maximum Gasteiger partial charge on any atom is 0.221 e. The van der Waals surface area contributed by atoms with Crippen molar-refractivity contribution in [1.82, 2.24) is 4.57 Å². The Kier molecular flexibility index (Phi) is 7.37. The van der Waals surface area contributed by atoms with E-state index in [1.165, 1.54) is 6.92 Å². The van der Waals surface area contributed by atoms with E-state index in [1.807, 2.05) is 47.3 Å². The quantitative estimate of drug-likeness (QED) is 0.236. The molecule has 4 aromatic rings. The fourth-order valence-electron chi connectivity index (χ4n) is 3.17. The fraction of sp³-hybridized carbons (Fsp3) is 0.0400. The molecule has 3 N–H and O–H groups in total. The van der Waals surface area contributed by atoms with Gasteiger partial charge in [0.15, 0.2) is 10.9 Å². The van der Waals surface area contributed by atoms with Crippen LogP contribution in [-0.2, 0) is 4.79 Å². The van der Waals surface area contributed by atoms with Crippen LogP contribution in [-0.4, -0.2) is 15.6 Å². The largest absolute Gasteiger partial charge is 0.455 e. The van der Waals surface area contributed by atoms with Crippen molar-refractivity contribution in [3.63, 3.8) is 0 Å². The van der Waals surface area contributed by atoms with Crippen LogP contribution in [0.1, 0.15) is 6.92 Å². The zero-order chi connectivity index (χ0) is 24.1. The average Bonchev–Trinajstić information content (AvgIpc) is 3.32. The Bertz CT molecular complexity index is 1310. The Hall–Kier alpha value is -3.52. The number of halogens is 2. The highest BCUT2D eigenvalue weighted by molar-refractivity contribution is 7.80. The smallest absolute Gasteiger partial charge is 0.221 e. The van der Waals surface area contributed by atoms with Crippen LogP contribution in [0.25, 0.3) is 5.69 Å². The number of hydrogen-bond acceptors (Lipinski definition) is 3. The highest BCUT2D eigenvalue weighted by Crippen LogP contribution is 2.37. The zero-order valence-electron chi connectivity index (χ0n) is 18.0. The van der Waals surface area contributed by atoms with Crippen LogP contribution in [0.2, 0.25) is 10.0 Å². The van der Waals surface area contributed by atoms with Gasteiger partial charge in [-0.3, -0.25) is 4.79 Å². The first kappa shape index (κ1) is 23.6. The molecule has 0 aliphatic carbocycles. The van der Waals surface area contributed by atoms with Gasteiger partial charge < -0.3 is 25.3 Å². The highest BCUT2D eigenvalue weighted by atomic mass is 35.5. The van der Waals surface area contributed by atoms with Crippen molar-refractivity contribution < 1.29 is 9.53 Å². The van der Waals surface area contributed by atoms with Gasteiger partial charge in [0.25, 0.3) is 0 Å². The molecule has 0 atom stereocenters. The van der Waals surface area contributed by atoms with Crippen LogP contribution in [0.5, 0.6) is 11.5 Å². The van der Waals surface area contributed by atoms with Crippen molar-refractivity contribution in [3.8, 4) is 17.2 Å². The lowest BCUT2D eigenvalue weighted by Crippen LogP contribution is -2.19. The minimum atomic E-state index is -0.133. The number of aromatic nitrogens is 1. The van der Waals surface area contributed by atoms with E-state index in [0.717, 1.165) is 11.4 Å². The van der Waals surface area contributed by atoms with Crippen molar-refractivity contribution in [2.45, 2.75) is 6.92 Å². The molecule has 0 aliphatic rings. The molecule has 4 rings (SSSR count). The van der Waals surface area contributed by atoms with E-state index in [4.69, 9.17) is 40.2 Å². The average molecular weight is 511 g/mol. The maximum atomic E-state index is 11.2. The summed E-state index contributed by atoms with van der Waals surface area (Å²) in [5.41, 5.74) is 2.79. The van der Waals surface area contributed by atoms with E-state index in [9.17, 15) is 4.79 Å². The number of amides is 1. The topological polar surface area (TPSA) is 67.3 Å². The zero-order valence-corrected chi connectivity index (χ0v) is 20.3. The Labute approximate surface area is 212 Å². The number of ether oxygens (including phenoxy) is 1. The molecule has 0 radical (unpaired) electrons. The molecule has 0 saturated carbocycles. The Morgan fingerprint density at radius 1 is 0.882 bits per heavy atom. The van der Waals surface area contributed by atoms with Gasteiger partial charge in [-0.05, 0) is 78.9 Å². The van der Waals surface area contributed by atoms with E-state index >= 15 is 0 Å².